The molecule has 0 saturated heterocycles. The Kier molecular flexibility index (Phi) is 16.4. The van der Waals surface area contributed by atoms with Crippen molar-refractivity contribution in [2.45, 2.75) is 122 Å². The predicted molar refractivity (Wildman–Crippen MR) is 158 cm³/mol. The summed E-state index contributed by atoms with van der Waals surface area (Å²) in [6, 6.07) is 20.3. The van der Waals surface area contributed by atoms with Crippen LogP contribution in [0.4, 0.5) is 15.8 Å². The van der Waals surface area contributed by atoms with Gasteiger partial charge in [0.05, 0.1) is 5.92 Å². The summed E-state index contributed by atoms with van der Waals surface area (Å²) in [6.45, 7) is 4.41. The van der Waals surface area contributed by atoms with Gasteiger partial charge in [-0.05, 0) is 49.9 Å². The Morgan fingerprint density at radius 2 is 1.14 bits per heavy atom. The van der Waals surface area contributed by atoms with Crippen LogP contribution in [0, 0.1) is 5.92 Å². The zero-order chi connectivity index (χ0) is 26.6. The molecule has 0 aliphatic carbocycles. The summed E-state index contributed by atoms with van der Waals surface area (Å²) >= 11 is 0. The van der Waals surface area contributed by atoms with E-state index in [2.05, 4.69) is 48.7 Å². The molecule has 0 aliphatic rings. The van der Waals surface area contributed by atoms with Crippen LogP contribution in [-0.2, 0) is 4.79 Å². The van der Waals surface area contributed by atoms with Crippen molar-refractivity contribution in [2.75, 3.05) is 10.6 Å². The molecule has 2 aromatic rings. The highest BCUT2D eigenvalue weighted by molar-refractivity contribution is 5.92. The highest BCUT2D eigenvalue weighted by Gasteiger charge is 2.28. The fourth-order valence-corrected chi connectivity index (χ4v) is 5.01. The molecule has 0 spiro atoms. The minimum absolute atomic E-state index is 0.177. The molecule has 2 N–H and O–H groups in total. The van der Waals surface area contributed by atoms with Crippen molar-refractivity contribution in [1.29, 1.82) is 0 Å². The van der Waals surface area contributed by atoms with Crippen LogP contribution in [-0.4, -0.2) is 18.1 Å². The molecule has 0 heterocycles. The van der Waals surface area contributed by atoms with E-state index in [-0.39, 0.29) is 5.91 Å². The molecule has 2 rings (SSSR count). The number of benzene rings is 2. The second-order valence-electron chi connectivity index (χ2n) is 10.5. The van der Waals surface area contributed by atoms with Crippen LogP contribution in [0.2, 0.25) is 0 Å². The van der Waals surface area contributed by atoms with Gasteiger partial charge in [-0.15, -0.1) is 0 Å². The van der Waals surface area contributed by atoms with Crippen LogP contribution in [0.25, 0.3) is 0 Å². The van der Waals surface area contributed by atoms with E-state index in [0.717, 1.165) is 62.7 Å². The Hall–Kier alpha value is -2.36. The second kappa shape index (κ2) is 19.7. The fourth-order valence-electron chi connectivity index (χ4n) is 5.01. The lowest BCUT2D eigenvalue weighted by Crippen LogP contribution is -2.31. The van der Waals surface area contributed by atoms with Gasteiger partial charge in [-0.25, -0.2) is 4.39 Å². The molecule has 3 unspecified atom stereocenters. The number of nitrogens with one attached hydrogen (secondary N) is 2. The van der Waals surface area contributed by atoms with Gasteiger partial charge < -0.3 is 10.6 Å². The highest BCUT2D eigenvalue weighted by Crippen LogP contribution is 2.25. The zero-order valence-corrected chi connectivity index (χ0v) is 23.4. The number of para-hydroxylation sites is 2. The van der Waals surface area contributed by atoms with E-state index in [4.69, 9.17) is 0 Å². The average molecular weight is 511 g/mol. The molecule has 206 valence electrons. The van der Waals surface area contributed by atoms with Gasteiger partial charge in [-0.2, -0.15) is 0 Å². The van der Waals surface area contributed by atoms with E-state index < -0.39 is 12.1 Å². The van der Waals surface area contributed by atoms with Crippen LogP contribution in [0.3, 0.4) is 0 Å². The maximum Gasteiger partial charge on any atom is 0.230 e. The van der Waals surface area contributed by atoms with E-state index in [1.54, 1.807) is 0 Å². The third-order valence-electron chi connectivity index (χ3n) is 7.27. The molecule has 0 radical (unpaired) electrons. The summed E-state index contributed by atoms with van der Waals surface area (Å²) in [7, 11) is 0. The Morgan fingerprint density at radius 3 is 1.76 bits per heavy atom. The molecule has 0 fully saturated rings. The SMILES string of the molecule is CCCCCCCC(CCCCC(C(=O)Nc1ccccc1)C(F)CCCCCC)Nc1ccccc1. The number of halogens is 1. The first-order valence-electron chi connectivity index (χ1n) is 15.0. The fraction of sp³-hybridized carbons (Fsp3) is 0.606. The smallest absolute Gasteiger partial charge is 0.230 e. The number of alkyl halides is 1. The van der Waals surface area contributed by atoms with Gasteiger partial charge >= 0.3 is 0 Å². The van der Waals surface area contributed by atoms with Gasteiger partial charge in [0.2, 0.25) is 5.91 Å². The molecule has 2 aromatic carbocycles. The number of rotatable bonds is 21. The topological polar surface area (TPSA) is 41.1 Å². The average Bonchev–Trinajstić information content (AvgIpc) is 2.91. The summed E-state index contributed by atoms with van der Waals surface area (Å²) in [5.41, 5.74) is 1.91. The van der Waals surface area contributed by atoms with E-state index in [1.165, 1.54) is 32.1 Å². The number of hydrogen-bond acceptors (Lipinski definition) is 2. The van der Waals surface area contributed by atoms with Gasteiger partial charge in [0.1, 0.15) is 6.17 Å². The van der Waals surface area contributed by atoms with Gasteiger partial charge in [0, 0.05) is 17.4 Å². The zero-order valence-electron chi connectivity index (χ0n) is 23.4. The first-order valence-corrected chi connectivity index (χ1v) is 15.0. The Bertz CT molecular complexity index is 814. The number of unbranched alkanes of at least 4 members (excludes halogenated alkanes) is 8. The molecule has 0 bridgehead atoms. The van der Waals surface area contributed by atoms with Crippen molar-refractivity contribution in [3.8, 4) is 0 Å². The standard InChI is InChI=1S/C33H51FN2O/c1-3-5-7-9-12-20-29(35-28-21-13-10-14-22-28)25-18-19-26-31(32(34)27-17-8-6-4-2)33(37)36-30-23-15-11-16-24-30/h10-11,13-16,21-24,29,31-32,35H,3-9,12,17-20,25-27H2,1-2H3,(H,36,37). The van der Waals surface area contributed by atoms with Crippen LogP contribution >= 0.6 is 0 Å². The third kappa shape index (κ3) is 13.7. The molecular weight excluding hydrogens is 459 g/mol. The van der Waals surface area contributed by atoms with Crippen molar-refractivity contribution >= 4 is 17.3 Å². The lowest BCUT2D eigenvalue weighted by atomic mass is 9.91. The minimum Gasteiger partial charge on any atom is -0.382 e. The largest absolute Gasteiger partial charge is 0.382 e. The predicted octanol–water partition coefficient (Wildman–Crippen LogP) is 9.95. The molecule has 1 amide bonds. The molecular formula is C33H51FN2O. The lowest BCUT2D eigenvalue weighted by molar-refractivity contribution is -0.122. The Balaban J connectivity index is 1.89. The van der Waals surface area contributed by atoms with Crippen LogP contribution in [0.15, 0.2) is 60.7 Å². The molecule has 4 heteroatoms. The van der Waals surface area contributed by atoms with Gasteiger partial charge in [0.25, 0.3) is 0 Å². The summed E-state index contributed by atoms with van der Waals surface area (Å²) in [5, 5.41) is 6.68. The van der Waals surface area contributed by atoms with Crippen LogP contribution in [0.1, 0.15) is 110 Å². The Labute approximate surface area is 226 Å². The quantitative estimate of drug-likeness (QED) is 0.164. The van der Waals surface area contributed by atoms with Gasteiger partial charge in [-0.1, -0.05) is 121 Å². The van der Waals surface area contributed by atoms with E-state index >= 15 is 4.39 Å². The summed E-state index contributed by atoms with van der Waals surface area (Å²) in [4.78, 5) is 13.1. The summed E-state index contributed by atoms with van der Waals surface area (Å²) in [5.74, 6) is -0.763. The minimum atomic E-state index is -1.09. The first-order chi connectivity index (χ1) is 18.1. The molecule has 37 heavy (non-hydrogen) atoms. The van der Waals surface area contributed by atoms with Crippen molar-refractivity contribution < 1.29 is 9.18 Å². The second-order valence-corrected chi connectivity index (χ2v) is 10.5. The molecule has 0 aliphatic heterocycles. The van der Waals surface area contributed by atoms with Crippen molar-refractivity contribution in [3.05, 3.63) is 60.7 Å². The van der Waals surface area contributed by atoms with E-state index in [1.807, 2.05) is 36.4 Å². The molecule has 0 aromatic heterocycles. The van der Waals surface area contributed by atoms with Crippen LogP contribution < -0.4 is 10.6 Å². The highest BCUT2D eigenvalue weighted by atomic mass is 19.1. The van der Waals surface area contributed by atoms with E-state index in [9.17, 15) is 4.79 Å². The van der Waals surface area contributed by atoms with Gasteiger partial charge in [-0.3, -0.25) is 4.79 Å². The maximum atomic E-state index is 15.3. The van der Waals surface area contributed by atoms with Crippen molar-refractivity contribution in [1.82, 2.24) is 0 Å². The molecule has 3 nitrogen and oxygen atoms in total. The summed E-state index contributed by atoms with van der Waals surface area (Å²) < 4.78 is 15.3. The number of hydrogen-bond donors (Lipinski definition) is 2. The van der Waals surface area contributed by atoms with Crippen molar-refractivity contribution in [3.63, 3.8) is 0 Å². The summed E-state index contributed by atoms with van der Waals surface area (Å²) in [6.07, 6.45) is 14.6. The monoisotopic (exact) mass is 510 g/mol. The number of carbonyl (C=O) groups excluding carboxylic acids is 1. The van der Waals surface area contributed by atoms with Crippen LogP contribution in [0.5, 0.6) is 0 Å². The normalized spacial score (nSPS) is 13.6. The third-order valence-corrected chi connectivity index (χ3v) is 7.27. The molecule has 3 atom stereocenters. The van der Waals surface area contributed by atoms with E-state index in [0.29, 0.717) is 18.9 Å². The maximum absolute atomic E-state index is 15.3. The van der Waals surface area contributed by atoms with Gasteiger partial charge in [0.15, 0.2) is 0 Å². The first kappa shape index (κ1) is 30.9. The number of anilines is 2. The van der Waals surface area contributed by atoms with Crippen molar-refractivity contribution in [2.24, 2.45) is 5.92 Å². The number of amides is 1. The Morgan fingerprint density at radius 1 is 0.649 bits per heavy atom. The lowest BCUT2D eigenvalue weighted by Gasteiger charge is -2.23. The molecule has 0 saturated carbocycles. The number of carbonyl (C=O) groups is 1.